The van der Waals surface area contributed by atoms with Gasteiger partial charge in [-0.15, -0.1) is 0 Å². The van der Waals surface area contributed by atoms with E-state index in [1.165, 1.54) is 51.4 Å². The van der Waals surface area contributed by atoms with Gasteiger partial charge in [0.05, 0.1) is 19.3 Å². The average molecular weight is 286 g/mol. The van der Waals surface area contributed by atoms with Gasteiger partial charge in [-0.3, -0.25) is 0 Å². The fourth-order valence-corrected chi connectivity index (χ4v) is 2.50. The number of hydrogen-bond acceptors (Lipinski definition) is 3. The van der Waals surface area contributed by atoms with E-state index < -0.39 is 0 Å². The summed E-state index contributed by atoms with van der Waals surface area (Å²) in [6, 6.07) is 0. The van der Waals surface area contributed by atoms with Gasteiger partial charge in [0.15, 0.2) is 0 Å². The van der Waals surface area contributed by atoms with Gasteiger partial charge in [-0.1, -0.05) is 51.9 Å². The summed E-state index contributed by atoms with van der Waals surface area (Å²) < 4.78 is 16.2. The number of epoxide rings is 1. The van der Waals surface area contributed by atoms with Crippen molar-refractivity contribution in [1.29, 1.82) is 0 Å². The molecule has 0 N–H and O–H groups in total. The Hall–Kier alpha value is -0.120. The Morgan fingerprint density at radius 1 is 1.00 bits per heavy atom. The summed E-state index contributed by atoms with van der Waals surface area (Å²) in [5, 5.41) is 0. The molecular formula is C17H34O3. The van der Waals surface area contributed by atoms with Crippen LogP contribution in [0.3, 0.4) is 0 Å². The first kappa shape index (κ1) is 17.9. The topological polar surface area (TPSA) is 31.0 Å². The number of hydrogen-bond donors (Lipinski definition) is 0. The van der Waals surface area contributed by atoms with E-state index in [4.69, 9.17) is 14.2 Å². The molecule has 0 radical (unpaired) electrons. The summed E-state index contributed by atoms with van der Waals surface area (Å²) in [7, 11) is 1.84. The minimum absolute atomic E-state index is 0.390. The fraction of sp³-hybridized carbons (Fsp3) is 1.00. The van der Waals surface area contributed by atoms with Crippen LogP contribution in [0.2, 0.25) is 0 Å². The molecule has 0 aromatic carbocycles. The van der Waals surface area contributed by atoms with Gasteiger partial charge in [0.25, 0.3) is 0 Å². The summed E-state index contributed by atoms with van der Waals surface area (Å²) in [4.78, 5) is 0. The van der Waals surface area contributed by atoms with Crippen molar-refractivity contribution in [3.63, 3.8) is 0 Å². The molecule has 3 nitrogen and oxygen atoms in total. The van der Waals surface area contributed by atoms with Gasteiger partial charge in [-0.25, -0.2) is 0 Å². The molecule has 0 spiro atoms. The van der Waals surface area contributed by atoms with Crippen LogP contribution < -0.4 is 0 Å². The molecule has 0 aliphatic carbocycles. The second kappa shape index (κ2) is 12.6. The predicted octanol–water partition coefficient (Wildman–Crippen LogP) is 4.34. The Kier molecular flexibility index (Phi) is 11.3. The average Bonchev–Trinajstić information content (AvgIpc) is 3.28. The summed E-state index contributed by atoms with van der Waals surface area (Å²) in [5.74, 6) is 0. The Morgan fingerprint density at radius 3 is 2.30 bits per heavy atom. The van der Waals surface area contributed by atoms with Crippen LogP contribution in [0.1, 0.15) is 71.1 Å². The highest BCUT2D eigenvalue weighted by Crippen LogP contribution is 2.14. The lowest BCUT2D eigenvalue weighted by Gasteiger charge is -2.15. The molecule has 1 fully saturated rings. The molecule has 0 aromatic rings. The van der Waals surface area contributed by atoms with Crippen molar-refractivity contribution >= 4 is 0 Å². The van der Waals surface area contributed by atoms with Crippen LogP contribution in [-0.4, -0.2) is 39.1 Å². The second-order valence-electron chi connectivity index (χ2n) is 5.94. The SMILES string of the molecule is CCCCCCCCC[C@H](CCCOCC1CO1)OC. The Bertz CT molecular complexity index is 204. The van der Waals surface area contributed by atoms with Gasteiger partial charge < -0.3 is 14.2 Å². The minimum atomic E-state index is 0.390. The largest absolute Gasteiger partial charge is 0.381 e. The molecule has 1 aliphatic heterocycles. The van der Waals surface area contributed by atoms with Crippen molar-refractivity contribution in [3.05, 3.63) is 0 Å². The highest BCUT2D eigenvalue weighted by atomic mass is 16.6. The molecule has 20 heavy (non-hydrogen) atoms. The van der Waals surface area contributed by atoms with Crippen LogP contribution in [0.25, 0.3) is 0 Å². The molecule has 1 aliphatic rings. The van der Waals surface area contributed by atoms with Crippen molar-refractivity contribution in [2.24, 2.45) is 0 Å². The molecule has 1 heterocycles. The molecule has 0 bridgehead atoms. The summed E-state index contributed by atoms with van der Waals surface area (Å²) in [5.41, 5.74) is 0. The third kappa shape index (κ3) is 10.6. The standard InChI is InChI=1S/C17H34O3/c1-3-4-5-6-7-8-9-11-16(18-2)12-10-13-19-14-17-15-20-17/h16-17H,3-15H2,1-2H3/t16-,17?/m1/s1. The van der Waals surface area contributed by atoms with E-state index in [1.807, 2.05) is 7.11 Å². The Morgan fingerprint density at radius 2 is 1.65 bits per heavy atom. The highest BCUT2D eigenvalue weighted by Gasteiger charge is 2.22. The van der Waals surface area contributed by atoms with E-state index in [0.717, 1.165) is 32.7 Å². The number of methoxy groups -OCH3 is 1. The summed E-state index contributed by atoms with van der Waals surface area (Å²) in [6.45, 7) is 4.77. The monoisotopic (exact) mass is 286 g/mol. The molecule has 2 atom stereocenters. The van der Waals surface area contributed by atoms with Crippen molar-refractivity contribution in [2.75, 3.05) is 26.9 Å². The summed E-state index contributed by atoms with van der Waals surface area (Å²) in [6.07, 6.45) is 13.8. The smallest absolute Gasteiger partial charge is 0.104 e. The molecule has 1 saturated heterocycles. The van der Waals surface area contributed by atoms with Crippen LogP contribution >= 0.6 is 0 Å². The highest BCUT2D eigenvalue weighted by molar-refractivity contribution is 4.67. The van der Waals surface area contributed by atoms with Crippen molar-refractivity contribution in [2.45, 2.75) is 83.3 Å². The first-order valence-corrected chi connectivity index (χ1v) is 8.59. The number of unbranched alkanes of at least 4 members (excludes halogenated alkanes) is 6. The minimum Gasteiger partial charge on any atom is -0.381 e. The number of ether oxygens (including phenoxy) is 3. The molecule has 3 heteroatoms. The van der Waals surface area contributed by atoms with Gasteiger partial charge in [0, 0.05) is 13.7 Å². The van der Waals surface area contributed by atoms with Crippen LogP contribution in [-0.2, 0) is 14.2 Å². The van der Waals surface area contributed by atoms with Gasteiger partial charge >= 0.3 is 0 Å². The first-order chi connectivity index (χ1) is 9.86. The van der Waals surface area contributed by atoms with E-state index in [9.17, 15) is 0 Å². The van der Waals surface area contributed by atoms with Crippen LogP contribution in [0.4, 0.5) is 0 Å². The lowest BCUT2D eigenvalue weighted by molar-refractivity contribution is 0.0645. The fourth-order valence-electron chi connectivity index (χ4n) is 2.50. The van der Waals surface area contributed by atoms with E-state index in [1.54, 1.807) is 0 Å². The molecule has 120 valence electrons. The van der Waals surface area contributed by atoms with Gasteiger partial charge in [-0.2, -0.15) is 0 Å². The maximum absolute atomic E-state index is 5.56. The Balaban J connectivity index is 1.82. The van der Waals surface area contributed by atoms with Gasteiger partial charge in [0.1, 0.15) is 6.10 Å². The van der Waals surface area contributed by atoms with E-state index in [0.29, 0.717) is 12.2 Å². The van der Waals surface area contributed by atoms with Crippen molar-refractivity contribution in [1.82, 2.24) is 0 Å². The predicted molar refractivity (Wildman–Crippen MR) is 83.2 cm³/mol. The van der Waals surface area contributed by atoms with Gasteiger partial charge in [-0.05, 0) is 19.3 Å². The third-order valence-corrected chi connectivity index (χ3v) is 3.98. The maximum atomic E-state index is 5.56. The molecule has 0 aromatic heterocycles. The van der Waals surface area contributed by atoms with Crippen molar-refractivity contribution < 1.29 is 14.2 Å². The zero-order valence-corrected chi connectivity index (χ0v) is 13.6. The lowest BCUT2D eigenvalue weighted by Crippen LogP contribution is -2.12. The normalized spacial score (nSPS) is 19.2. The zero-order valence-electron chi connectivity index (χ0n) is 13.6. The van der Waals surface area contributed by atoms with Crippen LogP contribution in [0.5, 0.6) is 0 Å². The first-order valence-electron chi connectivity index (χ1n) is 8.59. The second-order valence-corrected chi connectivity index (χ2v) is 5.94. The van der Waals surface area contributed by atoms with Gasteiger partial charge in [0.2, 0.25) is 0 Å². The van der Waals surface area contributed by atoms with E-state index >= 15 is 0 Å². The lowest BCUT2D eigenvalue weighted by atomic mass is 10.0. The quantitative estimate of drug-likeness (QED) is 0.331. The Labute approximate surface area is 125 Å². The molecule has 0 amide bonds. The summed E-state index contributed by atoms with van der Waals surface area (Å²) >= 11 is 0. The van der Waals surface area contributed by atoms with Crippen LogP contribution in [0, 0.1) is 0 Å². The molecule has 1 unspecified atom stereocenters. The molecular weight excluding hydrogens is 252 g/mol. The van der Waals surface area contributed by atoms with Crippen molar-refractivity contribution in [3.8, 4) is 0 Å². The van der Waals surface area contributed by atoms with Crippen LogP contribution in [0.15, 0.2) is 0 Å². The molecule has 1 rings (SSSR count). The van der Waals surface area contributed by atoms with E-state index in [-0.39, 0.29) is 0 Å². The molecule has 0 saturated carbocycles. The third-order valence-electron chi connectivity index (χ3n) is 3.98. The maximum Gasteiger partial charge on any atom is 0.104 e. The number of rotatable bonds is 15. The zero-order chi connectivity index (χ0) is 14.5. The van der Waals surface area contributed by atoms with E-state index in [2.05, 4.69) is 6.92 Å².